The van der Waals surface area contributed by atoms with E-state index in [1.54, 1.807) is 11.3 Å². The molecule has 1 aliphatic rings. The molecule has 0 N–H and O–H groups in total. The zero-order chi connectivity index (χ0) is 16.0. The highest BCUT2D eigenvalue weighted by atomic mass is 32.1. The van der Waals surface area contributed by atoms with Gasteiger partial charge >= 0.3 is 0 Å². The first-order valence-electron chi connectivity index (χ1n) is 7.58. The van der Waals surface area contributed by atoms with E-state index in [1.807, 2.05) is 37.1 Å². The zero-order valence-electron chi connectivity index (χ0n) is 13.1. The molecular formula is C17H17N3O2S. The molecular weight excluding hydrogens is 310 g/mol. The molecule has 0 spiro atoms. The molecule has 0 saturated carbocycles. The zero-order valence-corrected chi connectivity index (χ0v) is 13.9. The third-order valence-electron chi connectivity index (χ3n) is 4.20. The third kappa shape index (κ3) is 2.39. The summed E-state index contributed by atoms with van der Waals surface area (Å²) in [4.78, 5) is 20.3. The van der Waals surface area contributed by atoms with E-state index in [0.717, 1.165) is 23.8 Å². The van der Waals surface area contributed by atoms with Gasteiger partial charge in [0.1, 0.15) is 17.3 Å². The summed E-state index contributed by atoms with van der Waals surface area (Å²) in [6.45, 7) is 5.68. The van der Waals surface area contributed by atoms with Crippen LogP contribution in [0.25, 0.3) is 10.6 Å². The molecule has 0 aromatic carbocycles. The molecule has 0 atom stereocenters. The number of aryl methyl sites for hydroxylation is 2. The largest absolute Gasteiger partial charge is 0.466 e. The van der Waals surface area contributed by atoms with E-state index in [0.29, 0.717) is 24.4 Å². The van der Waals surface area contributed by atoms with Crippen molar-refractivity contribution >= 4 is 17.2 Å². The monoisotopic (exact) mass is 327 g/mol. The van der Waals surface area contributed by atoms with Crippen LogP contribution >= 0.6 is 11.3 Å². The van der Waals surface area contributed by atoms with Gasteiger partial charge in [0, 0.05) is 13.1 Å². The number of nitrogens with zero attached hydrogens (tertiary/aromatic N) is 3. The number of imidazole rings is 1. The Morgan fingerprint density at radius 3 is 2.91 bits per heavy atom. The summed E-state index contributed by atoms with van der Waals surface area (Å²) in [5.41, 5.74) is 1.79. The minimum absolute atomic E-state index is 0.0197. The highest BCUT2D eigenvalue weighted by Gasteiger charge is 2.26. The molecule has 0 radical (unpaired) electrons. The molecule has 6 heteroatoms. The van der Waals surface area contributed by atoms with Crippen molar-refractivity contribution < 1.29 is 9.21 Å². The van der Waals surface area contributed by atoms with Gasteiger partial charge < -0.3 is 13.9 Å². The van der Waals surface area contributed by atoms with Crippen molar-refractivity contribution in [2.75, 3.05) is 6.54 Å². The Balaban J connectivity index is 1.60. The summed E-state index contributed by atoms with van der Waals surface area (Å²) < 4.78 is 7.69. The predicted octanol–water partition coefficient (Wildman–Crippen LogP) is 3.48. The summed E-state index contributed by atoms with van der Waals surface area (Å²) in [7, 11) is 0. The van der Waals surface area contributed by atoms with Gasteiger partial charge in [0.15, 0.2) is 0 Å². The van der Waals surface area contributed by atoms with Crippen molar-refractivity contribution in [3.05, 3.63) is 52.7 Å². The fourth-order valence-corrected chi connectivity index (χ4v) is 3.81. The van der Waals surface area contributed by atoms with E-state index in [9.17, 15) is 4.79 Å². The number of amides is 1. The maximum atomic E-state index is 12.7. The van der Waals surface area contributed by atoms with Gasteiger partial charge in [-0.15, -0.1) is 11.3 Å². The molecule has 1 amide bonds. The van der Waals surface area contributed by atoms with Crippen molar-refractivity contribution in [3.8, 4) is 10.6 Å². The summed E-state index contributed by atoms with van der Waals surface area (Å²) in [6.07, 6.45) is 1.91. The van der Waals surface area contributed by atoms with Crippen molar-refractivity contribution in [1.29, 1.82) is 0 Å². The van der Waals surface area contributed by atoms with Crippen LogP contribution < -0.4 is 0 Å². The van der Waals surface area contributed by atoms with Crippen LogP contribution in [0.5, 0.6) is 0 Å². The van der Waals surface area contributed by atoms with Crippen LogP contribution in [0.3, 0.4) is 0 Å². The molecule has 118 valence electrons. The number of hydrogen-bond acceptors (Lipinski definition) is 4. The second-order valence-corrected chi connectivity index (χ2v) is 6.69. The molecule has 3 aromatic rings. The van der Waals surface area contributed by atoms with Crippen molar-refractivity contribution in [2.45, 2.75) is 26.9 Å². The lowest BCUT2D eigenvalue weighted by molar-refractivity contribution is 0.0706. The Morgan fingerprint density at radius 2 is 2.22 bits per heavy atom. The molecule has 5 nitrogen and oxygen atoms in total. The van der Waals surface area contributed by atoms with E-state index < -0.39 is 0 Å². The number of fused-ring (bicyclic) bond motifs is 1. The first-order chi connectivity index (χ1) is 11.1. The SMILES string of the molecule is Cc1cc(C(=O)N2CCn3c(-c4cccs4)cnc3C2)c(C)o1. The normalized spacial score (nSPS) is 14.1. The lowest BCUT2D eigenvalue weighted by Gasteiger charge is -2.28. The topological polar surface area (TPSA) is 51.3 Å². The maximum absolute atomic E-state index is 12.7. The molecule has 4 heterocycles. The number of carbonyl (C=O) groups is 1. The molecule has 4 rings (SSSR count). The Bertz CT molecular complexity index is 861. The average molecular weight is 327 g/mol. The molecule has 0 fully saturated rings. The van der Waals surface area contributed by atoms with Crippen LogP contribution in [0.2, 0.25) is 0 Å². The number of carbonyl (C=O) groups excluding carboxylic acids is 1. The van der Waals surface area contributed by atoms with Gasteiger partial charge in [-0.3, -0.25) is 4.79 Å². The van der Waals surface area contributed by atoms with Crippen molar-refractivity contribution in [2.24, 2.45) is 0 Å². The van der Waals surface area contributed by atoms with Crippen LogP contribution in [0.1, 0.15) is 27.7 Å². The van der Waals surface area contributed by atoms with Gasteiger partial charge in [0.05, 0.1) is 28.9 Å². The van der Waals surface area contributed by atoms with Gasteiger partial charge in [-0.25, -0.2) is 4.98 Å². The molecule has 0 bridgehead atoms. The highest BCUT2D eigenvalue weighted by Crippen LogP contribution is 2.28. The molecule has 3 aromatic heterocycles. The highest BCUT2D eigenvalue weighted by molar-refractivity contribution is 7.13. The first-order valence-corrected chi connectivity index (χ1v) is 8.46. The predicted molar refractivity (Wildman–Crippen MR) is 88.5 cm³/mol. The van der Waals surface area contributed by atoms with Crippen LogP contribution in [0.15, 0.2) is 34.2 Å². The minimum Gasteiger partial charge on any atom is -0.466 e. The third-order valence-corrected chi connectivity index (χ3v) is 5.09. The second-order valence-electron chi connectivity index (χ2n) is 5.74. The fourth-order valence-electron chi connectivity index (χ4n) is 3.07. The summed E-state index contributed by atoms with van der Waals surface area (Å²) in [5, 5.41) is 2.07. The molecule has 23 heavy (non-hydrogen) atoms. The average Bonchev–Trinajstić information content (AvgIpc) is 3.24. The van der Waals surface area contributed by atoms with Gasteiger partial charge in [0.2, 0.25) is 0 Å². The Labute approximate surface area is 138 Å². The molecule has 0 saturated heterocycles. The smallest absolute Gasteiger partial charge is 0.257 e. The van der Waals surface area contributed by atoms with E-state index in [2.05, 4.69) is 21.0 Å². The summed E-state index contributed by atoms with van der Waals surface area (Å²) in [6, 6.07) is 5.96. The number of thiophene rings is 1. The number of aromatic nitrogens is 2. The van der Waals surface area contributed by atoms with Crippen LogP contribution in [-0.2, 0) is 13.1 Å². The minimum atomic E-state index is 0.0197. The van der Waals surface area contributed by atoms with Gasteiger partial charge in [0.25, 0.3) is 5.91 Å². The summed E-state index contributed by atoms with van der Waals surface area (Å²) >= 11 is 1.71. The Hall–Kier alpha value is -2.34. The van der Waals surface area contributed by atoms with Crippen molar-refractivity contribution in [3.63, 3.8) is 0 Å². The number of rotatable bonds is 2. The molecule has 1 aliphatic heterocycles. The van der Waals surface area contributed by atoms with Crippen LogP contribution in [0, 0.1) is 13.8 Å². The van der Waals surface area contributed by atoms with E-state index in [-0.39, 0.29) is 5.91 Å². The Kier molecular flexibility index (Phi) is 3.34. The summed E-state index contributed by atoms with van der Waals surface area (Å²) in [5.74, 6) is 2.40. The number of furan rings is 1. The van der Waals surface area contributed by atoms with Crippen molar-refractivity contribution in [1.82, 2.24) is 14.5 Å². The maximum Gasteiger partial charge on any atom is 0.257 e. The molecule has 0 unspecified atom stereocenters. The fraction of sp³-hybridized carbons (Fsp3) is 0.294. The van der Waals surface area contributed by atoms with E-state index >= 15 is 0 Å². The second kappa shape index (κ2) is 5.38. The van der Waals surface area contributed by atoms with Crippen LogP contribution in [-0.4, -0.2) is 26.9 Å². The van der Waals surface area contributed by atoms with Gasteiger partial charge in [-0.1, -0.05) is 6.07 Å². The van der Waals surface area contributed by atoms with Crippen LogP contribution in [0.4, 0.5) is 0 Å². The van der Waals surface area contributed by atoms with E-state index in [4.69, 9.17) is 4.42 Å². The molecule has 0 aliphatic carbocycles. The Morgan fingerprint density at radius 1 is 1.35 bits per heavy atom. The van der Waals surface area contributed by atoms with Gasteiger partial charge in [-0.2, -0.15) is 0 Å². The first kappa shape index (κ1) is 14.3. The van der Waals surface area contributed by atoms with E-state index in [1.165, 1.54) is 4.88 Å². The van der Waals surface area contributed by atoms with Gasteiger partial charge in [-0.05, 0) is 31.4 Å². The lowest BCUT2D eigenvalue weighted by atomic mass is 10.2. The quantitative estimate of drug-likeness (QED) is 0.724. The number of hydrogen-bond donors (Lipinski definition) is 0. The lowest BCUT2D eigenvalue weighted by Crippen LogP contribution is -2.38. The standard InChI is InChI=1S/C17H17N3O2S/c1-11-8-13(12(2)22-11)17(21)19-5-6-20-14(9-18-16(20)10-19)15-4-3-7-23-15/h3-4,7-9H,5-6,10H2,1-2H3.